The number of aliphatic hydroxyl groups is 1. The average molecular weight is 488 g/mol. The summed E-state index contributed by atoms with van der Waals surface area (Å²) < 4.78 is 27.4. The lowest BCUT2D eigenvalue weighted by Gasteiger charge is -2.21. The number of hydrogen-bond acceptors (Lipinski definition) is 7. The van der Waals surface area contributed by atoms with Gasteiger partial charge in [-0.25, -0.2) is 0 Å². The largest absolute Gasteiger partial charge is 0.508 e. The molecule has 0 saturated carbocycles. The molecule has 1 atom stereocenters. The molecule has 1 unspecified atom stereocenters. The Kier molecular flexibility index (Phi) is 8.00. The quantitative estimate of drug-likeness (QED) is 0.241. The Morgan fingerprint density at radius 2 is 1.29 bits per heavy atom. The van der Waals surface area contributed by atoms with E-state index in [-0.39, 0.29) is 35.4 Å². The van der Waals surface area contributed by atoms with Gasteiger partial charge in [0.05, 0.1) is 11.8 Å². The van der Waals surface area contributed by atoms with Crippen molar-refractivity contribution in [1.82, 2.24) is 9.62 Å². The number of benzene rings is 3. The van der Waals surface area contributed by atoms with Gasteiger partial charge in [-0.15, -0.1) is 0 Å². The van der Waals surface area contributed by atoms with Gasteiger partial charge in [0, 0.05) is 33.1 Å². The van der Waals surface area contributed by atoms with Gasteiger partial charge in [-0.05, 0) is 53.1 Å². The predicted molar refractivity (Wildman–Crippen MR) is 130 cm³/mol. The Balaban J connectivity index is 1.72. The molecule has 0 aliphatic rings. The molecule has 3 aromatic rings. The Labute approximate surface area is 199 Å². The van der Waals surface area contributed by atoms with E-state index >= 15 is 0 Å². The molecule has 0 aromatic heterocycles. The topological polar surface area (TPSA) is 142 Å². The van der Waals surface area contributed by atoms with Crippen LogP contribution in [-0.2, 0) is 10.2 Å². The van der Waals surface area contributed by atoms with E-state index < -0.39 is 16.3 Å². The first-order chi connectivity index (χ1) is 16.1. The first-order valence-corrected chi connectivity index (χ1v) is 12.0. The van der Waals surface area contributed by atoms with Crippen LogP contribution in [0.3, 0.4) is 0 Å². The van der Waals surface area contributed by atoms with Crippen molar-refractivity contribution in [3.63, 3.8) is 0 Å². The third kappa shape index (κ3) is 6.39. The highest BCUT2D eigenvalue weighted by Gasteiger charge is 2.19. The normalized spacial score (nSPS) is 12.7. The van der Waals surface area contributed by atoms with E-state index in [2.05, 4.69) is 10.0 Å². The Bertz CT molecular complexity index is 1150. The molecule has 9 nitrogen and oxygen atoms in total. The van der Waals surface area contributed by atoms with Crippen LogP contribution in [0.5, 0.6) is 17.2 Å². The van der Waals surface area contributed by atoms with E-state index in [0.717, 1.165) is 15.4 Å². The van der Waals surface area contributed by atoms with Gasteiger partial charge in [0.2, 0.25) is 0 Å². The molecule has 6 N–H and O–H groups in total. The molecular weight excluding hydrogens is 458 g/mol. The van der Waals surface area contributed by atoms with Crippen LogP contribution in [0.4, 0.5) is 5.69 Å². The van der Waals surface area contributed by atoms with Gasteiger partial charge in [0.25, 0.3) is 0 Å². The maximum Gasteiger partial charge on any atom is 0.301 e. The van der Waals surface area contributed by atoms with E-state index in [1.54, 1.807) is 24.3 Å². The number of aromatic hydroxyl groups is 3. The zero-order valence-corrected chi connectivity index (χ0v) is 19.7. The highest BCUT2D eigenvalue weighted by molar-refractivity contribution is 7.90. The fraction of sp³-hybridized carbons (Fsp3) is 0.250. The number of aliphatic hydroxyl groups excluding tert-OH is 1. The predicted octanol–water partition coefficient (Wildman–Crippen LogP) is 2.48. The van der Waals surface area contributed by atoms with Crippen molar-refractivity contribution in [3.8, 4) is 17.2 Å². The van der Waals surface area contributed by atoms with Crippen molar-refractivity contribution >= 4 is 15.9 Å². The van der Waals surface area contributed by atoms with Gasteiger partial charge in [-0.3, -0.25) is 4.72 Å². The molecule has 3 rings (SSSR count). The van der Waals surface area contributed by atoms with Crippen molar-refractivity contribution in [2.75, 3.05) is 31.9 Å². The number of hydrogen-bond donors (Lipinski definition) is 6. The van der Waals surface area contributed by atoms with Crippen molar-refractivity contribution in [2.45, 2.75) is 12.0 Å². The third-order valence-corrected chi connectivity index (χ3v) is 6.84. The van der Waals surface area contributed by atoms with Crippen LogP contribution in [-0.4, -0.2) is 60.3 Å². The monoisotopic (exact) mass is 487 g/mol. The molecule has 0 aliphatic heterocycles. The van der Waals surface area contributed by atoms with Crippen LogP contribution in [0.25, 0.3) is 0 Å². The summed E-state index contributed by atoms with van der Waals surface area (Å²) in [5, 5.41) is 43.2. The second-order valence-electron chi connectivity index (χ2n) is 8.08. The number of phenols is 3. The van der Waals surface area contributed by atoms with E-state index in [1.165, 1.54) is 32.3 Å². The first-order valence-electron chi connectivity index (χ1n) is 10.6. The van der Waals surface area contributed by atoms with Crippen LogP contribution >= 0.6 is 0 Å². The molecule has 0 radical (unpaired) electrons. The molecule has 0 saturated heterocycles. The van der Waals surface area contributed by atoms with Gasteiger partial charge in [0.1, 0.15) is 17.2 Å². The standard InChI is InChI=1S/C24H29N3O6S/c1-27(2)34(32,33)26-22-13-18(7-12-23(22)30)24(31)15-25-14-21(16-3-8-19(28)9-4-16)17-5-10-20(29)11-6-17/h3-13,21,24-26,28-31H,14-15H2,1-2H3. The molecule has 0 aliphatic carbocycles. The minimum absolute atomic E-state index is 0.0312. The molecular formula is C24H29N3O6S. The smallest absolute Gasteiger partial charge is 0.301 e. The van der Waals surface area contributed by atoms with Crippen LogP contribution in [0.1, 0.15) is 28.7 Å². The lowest BCUT2D eigenvalue weighted by atomic mass is 9.91. The zero-order valence-electron chi connectivity index (χ0n) is 18.9. The van der Waals surface area contributed by atoms with Gasteiger partial charge in [0.15, 0.2) is 0 Å². The Hall–Kier alpha value is -3.31. The lowest BCUT2D eigenvalue weighted by molar-refractivity contribution is 0.174. The minimum atomic E-state index is -3.82. The summed E-state index contributed by atoms with van der Waals surface area (Å²) in [6.07, 6.45) is -0.969. The SMILES string of the molecule is CN(C)S(=O)(=O)Nc1cc(C(O)CNCC(c2ccc(O)cc2)c2ccc(O)cc2)ccc1O. The molecule has 0 amide bonds. The summed E-state index contributed by atoms with van der Waals surface area (Å²) >= 11 is 0. The molecule has 10 heteroatoms. The molecule has 0 heterocycles. The third-order valence-electron chi connectivity index (χ3n) is 5.40. The second-order valence-corrected chi connectivity index (χ2v) is 9.96. The van der Waals surface area contributed by atoms with Gasteiger partial charge in [-0.1, -0.05) is 30.3 Å². The summed E-state index contributed by atoms with van der Waals surface area (Å²) in [5.41, 5.74) is 2.27. The van der Waals surface area contributed by atoms with Gasteiger partial charge in [-0.2, -0.15) is 12.7 Å². The molecule has 0 spiro atoms. The van der Waals surface area contributed by atoms with E-state index in [1.807, 2.05) is 24.3 Å². The zero-order chi connectivity index (χ0) is 24.9. The summed E-state index contributed by atoms with van der Waals surface area (Å²) in [6, 6.07) is 17.9. The van der Waals surface area contributed by atoms with Crippen LogP contribution in [0, 0.1) is 0 Å². The number of phenolic OH excluding ortho intramolecular Hbond substituents is 3. The van der Waals surface area contributed by atoms with Gasteiger partial charge >= 0.3 is 10.2 Å². The Morgan fingerprint density at radius 1 is 0.794 bits per heavy atom. The van der Waals surface area contributed by atoms with Crippen LogP contribution < -0.4 is 10.0 Å². The molecule has 34 heavy (non-hydrogen) atoms. The van der Waals surface area contributed by atoms with E-state index in [0.29, 0.717) is 12.1 Å². The highest BCUT2D eigenvalue weighted by Crippen LogP contribution is 2.29. The average Bonchev–Trinajstić information content (AvgIpc) is 2.79. The number of rotatable bonds is 10. The summed E-state index contributed by atoms with van der Waals surface area (Å²) in [4.78, 5) is 0. The van der Waals surface area contributed by atoms with Crippen molar-refractivity contribution < 1.29 is 28.8 Å². The van der Waals surface area contributed by atoms with E-state index in [9.17, 15) is 28.8 Å². The van der Waals surface area contributed by atoms with Crippen molar-refractivity contribution in [2.24, 2.45) is 0 Å². The fourth-order valence-electron chi connectivity index (χ4n) is 3.40. The number of nitrogens with zero attached hydrogens (tertiary/aromatic N) is 1. The van der Waals surface area contributed by atoms with E-state index in [4.69, 9.17) is 0 Å². The van der Waals surface area contributed by atoms with Crippen molar-refractivity contribution in [1.29, 1.82) is 0 Å². The molecule has 182 valence electrons. The van der Waals surface area contributed by atoms with Crippen LogP contribution in [0.15, 0.2) is 66.7 Å². The van der Waals surface area contributed by atoms with Gasteiger partial charge < -0.3 is 25.7 Å². The Morgan fingerprint density at radius 3 is 1.79 bits per heavy atom. The van der Waals surface area contributed by atoms with Crippen LogP contribution in [0.2, 0.25) is 0 Å². The summed E-state index contributed by atoms with van der Waals surface area (Å²) in [6.45, 7) is 0.613. The van der Waals surface area contributed by atoms with Crippen molar-refractivity contribution in [3.05, 3.63) is 83.4 Å². The summed E-state index contributed by atoms with van der Waals surface area (Å²) in [5.74, 6) is -0.0565. The second kappa shape index (κ2) is 10.7. The molecule has 3 aromatic carbocycles. The fourth-order valence-corrected chi connectivity index (χ4v) is 4.02. The minimum Gasteiger partial charge on any atom is -0.508 e. The number of anilines is 1. The molecule has 0 fully saturated rings. The molecule has 0 bridgehead atoms. The highest BCUT2D eigenvalue weighted by atomic mass is 32.2. The maximum absolute atomic E-state index is 12.1. The maximum atomic E-state index is 12.1. The number of nitrogens with one attached hydrogen (secondary N) is 2. The lowest BCUT2D eigenvalue weighted by Crippen LogP contribution is -2.29. The summed E-state index contributed by atoms with van der Waals surface area (Å²) in [7, 11) is -1.10. The first kappa shape index (κ1) is 25.3.